The van der Waals surface area contributed by atoms with Gasteiger partial charge in [-0.05, 0) is 59.7 Å². The van der Waals surface area contributed by atoms with E-state index in [1.54, 1.807) is 0 Å². The second kappa shape index (κ2) is 6.13. The van der Waals surface area contributed by atoms with Gasteiger partial charge in [-0.2, -0.15) is 5.10 Å². The molecule has 5 heteroatoms. The first-order valence-corrected chi connectivity index (χ1v) is 7.05. The van der Waals surface area contributed by atoms with Crippen LogP contribution in [0.25, 0.3) is 5.82 Å². The average molecular weight is 273 g/mol. The number of rotatable bonds is 5. The average Bonchev–Trinajstić information content (AvgIpc) is 2.65. The van der Waals surface area contributed by atoms with Crippen LogP contribution in [0.3, 0.4) is 0 Å². The topological polar surface area (TPSA) is 55.6 Å². The summed E-state index contributed by atoms with van der Waals surface area (Å²) in [7, 11) is 1.98. The summed E-state index contributed by atoms with van der Waals surface area (Å²) in [5, 5.41) is 7.83. The van der Waals surface area contributed by atoms with Gasteiger partial charge in [0.15, 0.2) is 5.82 Å². The summed E-state index contributed by atoms with van der Waals surface area (Å²) in [5.74, 6) is 1.64. The van der Waals surface area contributed by atoms with Gasteiger partial charge in [0.25, 0.3) is 0 Å². The van der Waals surface area contributed by atoms with E-state index in [4.69, 9.17) is 0 Å². The van der Waals surface area contributed by atoms with Gasteiger partial charge in [-0.25, -0.2) is 14.6 Å². The van der Waals surface area contributed by atoms with Gasteiger partial charge in [-0.15, -0.1) is 0 Å². The highest BCUT2D eigenvalue weighted by molar-refractivity contribution is 5.33. The van der Waals surface area contributed by atoms with Crippen LogP contribution in [0.1, 0.15) is 34.9 Å². The Morgan fingerprint density at radius 3 is 2.55 bits per heavy atom. The first-order valence-electron chi connectivity index (χ1n) is 7.05. The zero-order valence-corrected chi connectivity index (χ0v) is 13.0. The highest BCUT2D eigenvalue weighted by Crippen LogP contribution is 2.18. The van der Waals surface area contributed by atoms with E-state index in [1.807, 2.05) is 31.6 Å². The summed E-state index contributed by atoms with van der Waals surface area (Å²) in [4.78, 5) is 8.81. The summed E-state index contributed by atoms with van der Waals surface area (Å²) < 4.78 is 1.94. The molecule has 0 bridgehead atoms. The van der Waals surface area contributed by atoms with Crippen molar-refractivity contribution in [3.8, 4) is 5.82 Å². The maximum atomic E-state index is 4.65. The molecule has 0 amide bonds. The van der Waals surface area contributed by atoms with Crippen molar-refractivity contribution >= 4 is 0 Å². The third-order valence-electron chi connectivity index (χ3n) is 3.46. The normalized spacial score (nSPS) is 11.1. The fourth-order valence-electron chi connectivity index (χ4n) is 2.51. The van der Waals surface area contributed by atoms with Gasteiger partial charge in [0.1, 0.15) is 5.82 Å². The van der Waals surface area contributed by atoms with Crippen LogP contribution in [0.2, 0.25) is 0 Å². The van der Waals surface area contributed by atoms with Crippen LogP contribution >= 0.6 is 0 Å². The molecule has 0 radical (unpaired) electrons. The van der Waals surface area contributed by atoms with E-state index in [2.05, 4.69) is 34.2 Å². The molecule has 0 aliphatic carbocycles. The molecule has 0 saturated carbocycles. The third-order valence-corrected chi connectivity index (χ3v) is 3.46. The van der Waals surface area contributed by atoms with Crippen LogP contribution in [-0.2, 0) is 6.42 Å². The maximum absolute atomic E-state index is 4.65. The zero-order chi connectivity index (χ0) is 14.7. The second-order valence-corrected chi connectivity index (χ2v) is 5.18. The van der Waals surface area contributed by atoms with E-state index >= 15 is 0 Å². The highest BCUT2D eigenvalue weighted by atomic mass is 15.3. The largest absolute Gasteiger partial charge is 0.320 e. The Kier molecular flexibility index (Phi) is 4.49. The van der Waals surface area contributed by atoms with Crippen molar-refractivity contribution in [2.24, 2.45) is 0 Å². The first kappa shape index (κ1) is 14.7. The quantitative estimate of drug-likeness (QED) is 0.847. The van der Waals surface area contributed by atoms with Crippen LogP contribution in [0.15, 0.2) is 6.07 Å². The number of aryl methyl sites for hydroxylation is 3. The molecule has 1 N–H and O–H groups in total. The Hall–Kier alpha value is -1.75. The van der Waals surface area contributed by atoms with Crippen molar-refractivity contribution in [3.05, 3.63) is 34.5 Å². The monoisotopic (exact) mass is 273 g/mol. The minimum atomic E-state index is 0.782. The van der Waals surface area contributed by atoms with Gasteiger partial charge in [0.05, 0.1) is 5.69 Å². The minimum absolute atomic E-state index is 0.782. The van der Waals surface area contributed by atoms with Crippen molar-refractivity contribution in [3.63, 3.8) is 0 Å². The molecule has 108 valence electrons. The standard InChI is InChI=1S/C15H23N5/c1-10-9-15(18-13(4)17-10)20-12(3)14(11(2)19-20)7-6-8-16-5/h9,16H,6-8H2,1-5H3. The van der Waals surface area contributed by atoms with Crippen LogP contribution in [-0.4, -0.2) is 33.3 Å². The lowest BCUT2D eigenvalue weighted by atomic mass is 10.1. The number of hydrogen-bond donors (Lipinski definition) is 1. The molecule has 5 nitrogen and oxygen atoms in total. The first-order chi connectivity index (χ1) is 9.52. The molecule has 0 fully saturated rings. The van der Waals surface area contributed by atoms with Gasteiger partial charge < -0.3 is 5.32 Å². The smallest absolute Gasteiger partial charge is 0.157 e. The van der Waals surface area contributed by atoms with E-state index in [1.165, 1.54) is 11.3 Å². The van der Waals surface area contributed by atoms with Crippen molar-refractivity contribution < 1.29 is 0 Å². The number of hydrogen-bond acceptors (Lipinski definition) is 4. The molecule has 2 aromatic rings. The number of aromatic nitrogens is 4. The molecule has 0 saturated heterocycles. The molecule has 2 aromatic heterocycles. The Labute approximate surface area is 120 Å². The summed E-state index contributed by atoms with van der Waals surface area (Å²) >= 11 is 0. The summed E-state index contributed by atoms with van der Waals surface area (Å²) in [5.41, 5.74) is 4.56. The summed E-state index contributed by atoms with van der Waals surface area (Å²) in [6, 6.07) is 1.98. The summed E-state index contributed by atoms with van der Waals surface area (Å²) in [6.07, 6.45) is 2.16. The van der Waals surface area contributed by atoms with Gasteiger partial charge in [0.2, 0.25) is 0 Å². The van der Waals surface area contributed by atoms with Crippen molar-refractivity contribution in [1.82, 2.24) is 25.1 Å². The van der Waals surface area contributed by atoms with Crippen LogP contribution in [0.4, 0.5) is 0 Å². The number of nitrogens with zero attached hydrogens (tertiary/aromatic N) is 4. The second-order valence-electron chi connectivity index (χ2n) is 5.18. The van der Waals surface area contributed by atoms with Crippen LogP contribution in [0, 0.1) is 27.7 Å². The molecule has 0 unspecified atom stereocenters. The Balaban J connectivity index is 2.35. The fourth-order valence-corrected chi connectivity index (χ4v) is 2.51. The van der Waals surface area contributed by atoms with E-state index in [0.29, 0.717) is 0 Å². The van der Waals surface area contributed by atoms with Crippen LogP contribution < -0.4 is 5.32 Å². The fraction of sp³-hybridized carbons (Fsp3) is 0.533. The highest BCUT2D eigenvalue weighted by Gasteiger charge is 2.13. The van der Waals surface area contributed by atoms with Gasteiger partial charge >= 0.3 is 0 Å². The maximum Gasteiger partial charge on any atom is 0.157 e. The van der Waals surface area contributed by atoms with Gasteiger partial charge in [0, 0.05) is 17.5 Å². The SMILES string of the molecule is CNCCCc1c(C)nn(-c2cc(C)nc(C)n2)c1C. The van der Waals surface area contributed by atoms with Gasteiger partial charge in [-0.1, -0.05) is 0 Å². The molecule has 2 rings (SSSR count). The molecule has 2 heterocycles. The van der Waals surface area contributed by atoms with E-state index < -0.39 is 0 Å². The Morgan fingerprint density at radius 1 is 1.15 bits per heavy atom. The van der Waals surface area contributed by atoms with Crippen molar-refractivity contribution in [2.75, 3.05) is 13.6 Å². The Bertz CT molecular complexity index is 580. The lowest BCUT2D eigenvalue weighted by molar-refractivity contribution is 0.720. The predicted octanol–water partition coefficient (Wildman–Crippen LogP) is 2.05. The molecule has 20 heavy (non-hydrogen) atoms. The predicted molar refractivity (Wildman–Crippen MR) is 80.3 cm³/mol. The molecule has 0 spiro atoms. The van der Waals surface area contributed by atoms with E-state index in [0.717, 1.165) is 42.4 Å². The molecular formula is C15H23N5. The van der Waals surface area contributed by atoms with Crippen molar-refractivity contribution in [2.45, 2.75) is 40.5 Å². The molecule has 0 aliphatic heterocycles. The van der Waals surface area contributed by atoms with E-state index in [9.17, 15) is 0 Å². The lowest BCUT2D eigenvalue weighted by Crippen LogP contribution is -2.09. The molecule has 0 aromatic carbocycles. The van der Waals surface area contributed by atoms with Crippen LogP contribution in [0.5, 0.6) is 0 Å². The van der Waals surface area contributed by atoms with Crippen molar-refractivity contribution in [1.29, 1.82) is 0 Å². The van der Waals surface area contributed by atoms with Gasteiger partial charge in [-0.3, -0.25) is 0 Å². The lowest BCUT2D eigenvalue weighted by Gasteiger charge is -2.06. The molecular weight excluding hydrogens is 250 g/mol. The minimum Gasteiger partial charge on any atom is -0.320 e. The molecule has 0 aliphatic rings. The third kappa shape index (κ3) is 3.04. The Morgan fingerprint density at radius 2 is 1.90 bits per heavy atom. The molecule has 0 atom stereocenters. The number of nitrogens with one attached hydrogen (secondary N) is 1. The zero-order valence-electron chi connectivity index (χ0n) is 13.0. The summed E-state index contributed by atoms with van der Waals surface area (Å²) in [6.45, 7) is 9.10. The van der Waals surface area contributed by atoms with E-state index in [-0.39, 0.29) is 0 Å².